The van der Waals surface area contributed by atoms with E-state index in [0.29, 0.717) is 0 Å². The van der Waals surface area contributed by atoms with E-state index in [0.717, 1.165) is 18.4 Å². The molecule has 0 fully saturated rings. The normalized spacial score (nSPS) is 11.3. The third-order valence-electron chi connectivity index (χ3n) is 1.31. The second kappa shape index (κ2) is 5.10. The van der Waals surface area contributed by atoms with Crippen molar-refractivity contribution in [2.24, 2.45) is 0 Å². The Morgan fingerprint density at radius 3 is 2.30 bits per heavy atom. The minimum absolute atomic E-state index is 0.960. The number of hydrogen-bond donors (Lipinski definition) is 1. The van der Waals surface area contributed by atoms with Gasteiger partial charge in [0.1, 0.15) is 0 Å². The monoisotopic (exact) mass is 140 g/mol. The fourth-order valence-electron chi connectivity index (χ4n) is 0.653. The summed E-state index contributed by atoms with van der Waals surface area (Å²) in [6.45, 7) is 6.09. The number of aliphatic hydroxyl groups is 1. The van der Waals surface area contributed by atoms with E-state index in [4.69, 9.17) is 5.11 Å². The molecule has 0 heterocycles. The molecular formula is C9H16O. The molecule has 0 bridgehead atoms. The largest absolute Gasteiger partial charge is 0.516 e. The lowest BCUT2D eigenvalue weighted by atomic mass is 10.1. The Morgan fingerprint density at radius 1 is 1.30 bits per heavy atom. The van der Waals surface area contributed by atoms with Crippen molar-refractivity contribution < 1.29 is 5.11 Å². The van der Waals surface area contributed by atoms with Crippen LogP contribution in [0.5, 0.6) is 0 Å². The first-order valence-electron chi connectivity index (χ1n) is 3.60. The number of allylic oxidation sites excluding steroid dienone is 3. The van der Waals surface area contributed by atoms with Crippen molar-refractivity contribution in [2.75, 3.05) is 0 Å². The van der Waals surface area contributed by atoms with Gasteiger partial charge in [-0.1, -0.05) is 11.6 Å². The highest BCUT2D eigenvalue weighted by atomic mass is 16.2. The Balaban J connectivity index is 3.47. The molecule has 0 amide bonds. The van der Waals surface area contributed by atoms with E-state index in [1.807, 2.05) is 6.92 Å². The molecule has 0 aromatic rings. The lowest BCUT2D eigenvalue weighted by Gasteiger charge is -1.94. The fourth-order valence-corrected chi connectivity index (χ4v) is 0.653. The molecule has 0 saturated carbocycles. The molecular weight excluding hydrogens is 124 g/mol. The number of aliphatic hydroxyl groups excluding tert-OH is 1. The van der Waals surface area contributed by atoms with Gasteiger partial charge in [-0.05, 0) is 39.2 Å². The van der Waals surface area contributed by atoms with E-state index < -0.39 is 0 Å². The van der Waals surface area contributed by atoms with E-state index in [2.05, 4.69) is 19.9 Å². The van der Waals surface area contributed by atoms with Crippen molar-refractivity contribution in [1.29, 1.82) is 0 Å². The first kappa shape index (κ1) is 9.28. The van der Waals surface area contributed by atoms with Crippen molar-refractivity contribution in [2.45, 2.75) is 33.6 Å². The van der Waals surface area contributed by atoms with Crippen LogP contribution in [-0.4, -0.2) is 5.11 Å². The highest BCUT2D eigenvalue weighted by molar-refractivity contribution is 4.98. The molecule has 0 aromatic carbocycles. The van der Waals surface area contributed by atoms with E-state index in [1.165, 1.54) is 11.8 Å². The van der Waals surface area contributed by atoms with Crippen LogP contribution < -0.4 is 0 Å². The SMILES string of the molecule is CC(C)=CCCC(C)=CO. The molecule has 0 radical (unpaired) electrons. The van der Waals surface area contributed by atoms with E-state index in [1.54, 1.807) is 0 Å². The Kier molecular flexibility index (Phi) is 4.73. The third kappa shape index (κ3) is 5.42. The maximum atomic E-state index is 8.52. The summed E-state index contributed by atoms with van der Waals surface area (Å²) in [4.78, 5) is 0. The zero-order valence-corrected chi connectivity index (χ0v) is 7.02. The molecule has 1 heteroatoms. The van der Waals surface area contributed by atoms with Crippen molar-refractivity contribution in [1.82, 2.24) is 0 Å². The Labute approximate surface area is 63.1 Å². The molecule has 0 aliphatic rings. The summed E-state index contributed by atoms with van der Waals surface area (Å²) in [5.74, 6) is 0. The molecule has 58 valence electrons. The molecule has 0 aliphatic carbocycles. The van der Waals surface area contributed by atoms with Crippen molar-refractivity contribution in [3.63, 3.8) is 0 Å². The molecule has 1 nitrogen and oxygen atoms in total. The van der Waals surface area contributed by atoms with E-state index in [-0.39, 0.29) is 0 Å². The second-order valence-corrected chi connectivity index (χ2v) is 2.80. The Bertz CT molecular complexity index is 139. The lowest BCUT2D eigenvalue weighted by molar-refractivity contribution is 0.464. The minimum Gasteiger partial charge on any atom is -0.516 e. The molecule has 0 saturated heterocycles. The number of rotatable bonds is 3. The summed E-state index contributed by atoms with van der Waals surface area (Å²) in [6, 6.07) is 0. The molecule has 0 rings (SSSR count). The predicted octanol–water partition coefficient (Wildman–Crippen LogP) is 3.19. The molecule has 0 atom stereocenters. The van der Waals surface area contributed by atoms with Gasteiger partial charge in [-0.25, -0.2) is 0 Å². The summed E-state index contributed by atoms with van der Waals surface area (Å²) >= 11 is 0. The first-order valence-corrected chi connectivity index (χ1v) is 3.60. The summed E-state index contributed by atoms with van der Waals surface area (Å²) in [7, 11) is 0. The average molecular weight is 140 g/mol. The van der Waals surface area contributed by atoms with Gasteiger partial charge >= 0.3 is 0 Å². The Morgan fingerprint density at radius 2 is 1.90 bits per heavy atom. The van der Waals surface area contributed by atoms with Crippen LogP contribution in [-0.2, 0) is 0 Å². The van der Waals surface area contributed by atoms with Gasteiger partial charge in [-0.2, -0.15) is 0 Å². The first-order chi connectivity index (χ1) is 4.66. The van der Waals surface area contributed by atoms with Gasteiger partial charge in [-0.3, -0.25) is 0 Å². The van der Waals surface area contributed by atoms with Crippen LogP contribution in [0.1, 0.15) is 33.6 Å². The topological polar surface area (TPSA) is 20.2 Å². The Hall–Kier alpha value is -0.720. The number of hydrogen-bond acceptors (Lipinski definition) is 1. The minimum atomic E-state index is 0.960. The summed E-state index contributed by atoms with van der Waals surface area (Å²) in [5.41, 5.74) is 2.38. The molecule has 1 N–H and O–H groups in total. The van der Waals surface area contributed by atoms with Crippen molar-refractivity contribution in [3.8, 4) is 0 Å². The maximum absolute atomic E-state index is 8.52. The lowest BCUT2D eigenvalue weighted by Crippen LogP contribution is -1.75. The van der Waals surface area contributed by atoms with Gasteiger partial charge in [0.25, 0.3) is 0 Å². The van der Waals surface area contributed by atoms with E-state index >= 15 is 0 Å². The summed E-state index contributed by atoms with van der Waals surface area (Å²) in [5, 5.41) is 8.52. The maximum Gasteiger partial charge on any atom is 0.0780 e. The molecule has 0 spiro atoms. The molecule has 0 unspecified atom stereocenters. The zero-order valence-electron chi connectivity index (χ0n) is 7.02. The molecule has 0 aromatic heterocycles. The van der Waals surface area contributed by atoms with Crippen LogP contribution in [0.15, 0.2) is 23.5 Å². The van der Waals surface area contributed by atoms with Crippen LogP contribution in [0, 0.1) is 0 Å². The third-order valence-corrected chi connectivity index (χ3v) is 1.31. The standard InChI is InChI=1S/C9H16O/c1-8(2)5-4-6-9(3)7-10/h5,7,10H,4,6H2,1-3H3. The fraction of sp³-hybridized carbons (Fsp3) is 0.556. The zero-order chi connectivity index (χ0) is 7.98. The van der Waals surface area contributed by atoms with Gasteiger partial charge in [0.15, 0.2) is 0 Å². The quantitative estimate of drug-likeness (QED) is 0.471. The highest BCUT2D eigenvalue weighted by Crippen LogP contribution is 2.04. The van der Waals surface area contributed by atoms with Crippen LogP contribution in [0.4, 0.5) is 0 Å². The highest BCUT2D eigenvalue weighted by Gasteiger charge is 1.86. The van der Waals surface area contributed by atoms with Crippen molar-refractivity contribution in [3.05, 3.63) is 23.5 Å². The van der Waals surface area contributed by atoms with Crippen LogP contribution in [0.3, 0.4) is 0 Å². The van der Waals surface area contributed by atoms with Gasteiger partial charge in [-0.15, -0.1) is 0 Å². The second-order valence-electron chi connectivity index (χ2n) is 2.80. The summed E-state index contributed by atoms with van der Waals surface area (Å²) < 4.78 is 0. The smallest absolute Gasteiger partial charge is 0.0780 e. The predicted molar refractivity (Wildman–Crippen MR) is 45.1 cm³/mol. The van der Waals surface area contributed by atoms with Crippen LogP contribution >= 0.6 is 0 Å². The van der Waals surface area contributed by atoms with Crippen LogP contribution in [0.25, 0.3) is 0 Å². The van der Waals surface area contributed by atoms with Crippen molar-refractivity contribution >= 4 is 0 Å². The van der Waals surface area contributed by atoms with Gasteiger partial charge in [0, 0.05) is 0 Å². The van der Waals surface area contributed by atoms with Crippen LogP contribution in [0.2, 0.25) is 0 Å². The summed E-state index contributed by atoms with van der Waals surface area (Å²) in [6.07, 6.45) is 5.35. The van der Waals surface area contributed by atoms with Gasteiger partial charge in [0.05, 0.1) is 6.26 Å². The molecule has 0 aliphatic heterocycles. The van der Waals surface area contributed by atoms with E-state index in [9.17, 15) is 0 Å². The molecule has 10 heavy (non-hydrogen) atoms. The average Bonchev–Trinajstić information content (AvgIpc) is 1.87. The van der Waals surface area contributed by atoms with Gasteiger partial charge in [0.2, 0.25) is 0 Å². The van der Waals surface area contributed by atoms with Gasteiger partial charge < -0.3 is 5.11 Å².